The summed E-state index contributed by atoms with van der Waals surface area (Å²) in [6.07, 6.45) is 1.15. The third-order valence-corrected chi connectivity index (χ3v) is 6.61. The second kappa shape index (κ2) is 13.5. The predicted molar refractivity (Wildman–Crippen MR) is 149 cm³/mol. The summed E-state index contributed by atoms with van der Waals surface area (Å²) in [7, 11) is 0. The Morgan fingerprint density at radius 3 is 1.95 bits per heavy atom. The van der Waals surface area contributed by atoms with E-state index < -0.39 is 6.04 Å². The third-order valence-electron chi connectivity index (χ3n) is 6.36. The highest BCUT2D eigenvalue weighted by Gasteiger charge is 2.30. The number of nitrogens with one attached hydrogen (secondary N) is 1. The summed E-state index contributed by atoms with van der Waals surface area (Å²) < 4.78 is 13.6. The van der Waals surface area contributed by atoms with Crippen LogP contribution in [0.25, 0.3) is 0 Å². The molecule has 6 heteroatoms. The number of amides is 2. The predicted octanol–water partition coefficient (Wildman–Crippen LogP) is 6.02. The average molecular weight is 529 g/mol. The molecule has 0 saturated heterocycles. The van der Waals surface area contributed by atoms with Crippen molar-refractivity contribution in [1.82, 2.24) is 10.2 Å². The van der Waals surface area contributed by atoms with E-state index in [4.69, 9.17) is 11.6 Å². The molecule has 4 aromatic rings. The van der Waals surface area contributed by atoms with E-state index in [0.29, 0.717) is 24.4 Å². The minimum atomic E-state index is -0.752. The second-order valence-electron chi connectivity index (χ2n) is 9.18. The summed E-state index contributed by atoms with van der Waals surface area (Å²) in [5.74, 6) is -0.778. The van der Waals surface area contributed by atoms with Crippen LogP contribution in [0.1, 0.15) is 22.3 Å². The molecule has 1 N–H and O–H groups in total. The zero-order valence-corrected chi connectivity index (χ0v) is 21.8. The van der Waals surface area contributed by atoms with Gasteiger partial charge in [0.25, 0.3) is 0 Å². The fourth-order valence-electron chi connectivity index (χ4n) is 4.31. The maximum Gasteiger partial charge on any atom is 0.243 e. The number of carbonyl (C=O) groups excluding carboxylic acids is 2. The molecule has 2 amide bonds. The summed E-state index contributed by atoms with van der Waals surface area (Å²) >= 11 is 6.03. The average Bonchev–Trinajstić information content (AvgIpc) is 2.94. The summed E-state index contributed by atoms with van der Waals surface area (Å²) in [4.78, 5) is 29.0. The van der Waals surface area contributed by atoms with Crippen LogP contribution in [-0.2, 0) is 35.4 Å². The summed E-state index contributed by atoms with van der Waals surface area (Å²) in [6, 6.07) is 31.9. The lowest BCUT2D eigenvalue weighted by Crippen LogP contribution is -2.51. The SMILES string of the molecule is O=C(NCCc1ccccc1)C(Cc1ccccc1)N(Cc1ccc(F)cc1)C(=O)Cc1ccc(Cl)cc1. The monoisotopic (exact) mass is 528 g/mol. The van der Waals surface area contributed by atoms with Crippen molar-refractivity contribution in [2.45, 2.75) is 31.8 Å². The molecule has 0 radical (unpaired) electrons. The first kappa shape index (κ1) is 27.1. The van der Waals surface area contributed by atoms with Gasteiger partial charge in [-0.15, -0.1) is 0 Å². The first-order valence-electron chi connectivity index (χ1n) is 12.6. The molecule has 0 aromatic heterocycles. The lowest BCUT2D eigenvalue weighted by molar-refractivity contribution is -0.140. The molecule has 0 heterocycles. The Morgan fingerprint density at radius 2 is 1.32 bits per heavy atom. The highest BCUT2D eigenvalue weighted by molar-refractivity contribution is 6.30. The van der Waals surface area contributed by atoms with Crippen molar-refractivity contribution in [3.8, 4) is 0 Å². The van der Waals surface area contributed by atoms with Gasteiger partial charge in [-0.25, -0.2) is 4.39 Å². The van der Waals surface area contributed by atoms with Crippen LogP contribution in [0.3, 0.4) is 0 Å². The van der Waals surface area contributed by atoms with Gasteiger partial charge in [-0.05, 0) is 52.9 Å². The first-order chi connectivity index (χ1) is 18.5. The van der Waals surface area contributed by atoms with Crippen LogP contribution in [0.15, 0.2) is 109 Å². The van der Waals surface area contributed by atoms with Crippen LogP contribution in [-0.4, -0.2) is 29.3 Å². The Hall–Kier alpha value is -3.96. The molecule has 0 fully saturated rings. The molecule has 4 nitrogen and oxygen atoms in total. The van der Waals surface area contributed by atoms with E-state index in [1.807, 2.05) is 72.8 Å². The summed E-state index contributed by atoms with van der Waals surface area (Å²) in [5.41, 5.74) is 3.60. The van der Waals surface area contributed by atoms with Gasteiger partial charge in [0, 0.05) is 24.5 Å². The molecule has 4 aromatic carbocycles. The van der Waals surface area contributed by atoms with Gasteiger partial charge in [0.05, 0.1) is 6.42 Å². The van der Waals surface area contributed by atoms with E-state index in [0.717, 1.165) is 22.3 Å². The van der Waals surface area contributed by atoms with Crippen molar-refractivity contribution in [3.05, 3.63) is 142 Å². The van der Waals surface area contributed by atoms with Gasteiger partial charge in [0.2, 0.25) is 11.8 Å². The van der Waals surface area contributed by atoms with Crippen molar-refractivity contribution in [3.63, 3.8) is 0 Å². The third kappa shape index (κ3) is 8.02. The molecule has 4 rings (SSSR count). The van der Waals surface area contributed by atoms with Gasteiger partial charge in [-0.1, -0.05) is 96.5 Å². The number of carbonyl (C=O) groups is 2. The summed E-state index contributed by atoms with van der Waals surface area (Å²) in [6.45, 7) is 0.625. The van der Waals surface area contributed by atoms with Gasteiger partial charge >= 0.3 is 0 Å². The first-order valence-corrected chi connectivity index (χ1v) is 13.0. The minimum absolute atomic E-state index is 0.112. The Morgan fingerprint density at radius 1 is 0.737 bits per heavy atom. The van der Waals surface area contributed by atoms with E-state index in [-0.39, 0.29) is 30.6 Å². The Kier molecular flexibility index (Phi) is 9.65. The van der Waals surface area contributed by atoms with Crippen molar-refractivity contribution in [2.24, 2.45) is 0 Å². The summed E-state index contributed by atoms with van der Waals surface area (Å²) in [5, 5.41) is 3.63. The van der Waals surface area contributed by atoms with E-state index >= 15 is 0 Å². The molecule has 0 saturated carbocycles. The molecule has 0 spiro atoms. The molecule has 0 aliphatic carbocycles. The van der Waals surface area contributed by atoms with Gasteiger partial charge in [0.1, 0.15) is 11.9 Å². The van der Waals surface area contributed by atoms with E-state index in [2.05, 4.69) is 5.32 Å². The molecule has 38 heavy (non-hydrogen) atoms. The van der Waals surface area contributed by atoms with Crippen LogP contribution in [0.4, 0.5) is 4.39 Å². The van der Waals surface area contributed by atoms with Gasteiger partial charge in [-0.3, -0.25) is 9.59 Å². The molecular weight excluding hydrogens is 499 g/mol. The largest absolute Gasteiger partial charge is 0.354 e. The lowest BCUT2D eigenvalue weighted by Gasteiger charge is -2.32. The number of hydrogen-bond donors (Lipinski definition) is 1. The van der Waals surface area contributed by atoms with Crippen molar-refractivity contribution in [1.29, 1.82) is 0 Å². The Bertz CT molecular complexity index is 1310. The number of rotatable bonds is 11. The van der Waals surface area contributed by atoms with Gasteiger partial charge in [-0.2, -0.15) is 0 Å². The molecular formula is C32H30ClFN2O2. The van der Waals surface area contributed by atoms with E-state index in [1.165, 1.54) is 12.1 Å². The van der Waals surface area contributed by atoms with Crippen LogP contribution >= 0.6 is 11.6 Å². The molecule has 0 aliphatic heterocycles. The highest BCUT2D eigenvalue weighted by Crippen LogP contribution is 2.18. The zero-order valence-electron chi connectivity index (χ0n) is 21.0. The number of nitrogens with zero attached hydrogens (tertiary/aromatic N) is 1. The van der Waals surface area contributed by atoms with Crippen molar-refractivity contribution in [2.75, 3.05) is 6.54 Å². The normalized spacial score (nSPS) is 11.5. The maximum atomic E-state index is 13.7. The van der Waals surface area contributed by atoms with Crippen LogP contribution in [0, 0.1) is 5.82 Å². The van der Waals surface area contributed by atoms with Crippen molar-refractivity contribution >= 4 is 23.4 Å². The lowest BCUT2D eigenvalue weighted by atomic mass is 10.0. The maximum absolute atomic E-state index is 13.7. The van der Waals surface area contributed by atoms with Gasteiger partial charge in [0.15, 0.2) is 0 Å². The Balaban J connectivity index is 1.60. The number of halogens is 2. The standard InChI is InChI=1S/C32H30ClFN2O2/c33-28-15-11-26(12-16-28)22-31(37)36(23-27-13-17-29(34)18-14-27)30(21-25-9-5-2-6-10-25)32(38)35-20-19-24-7-3-1-4-8-24/h1-18,30H,19-23H2,(H,35,38). The number of benzene rings is 4. The highest BCUT2D eigenvalue weighted by atomic mass is 35.5. The van der Waals surface area contributed by atoms with E-state index in [1.54, 1.807) is 29.2 Å². The van der Waals surface area contributed by atoms with E-state index in [9.17, 15) is 14.0 Å². The smallest absolute Gasteiger partial charge is 0.243 e. The quantitative estimate of drug-likeness (QED) is 0.259. The molecule has 194 valence electrons. The Labute approximate surface area is 228 Å². The number of hydrogen-bond acceptors (Lipinski definition) is 2. The van der Waals surface area contributed by atoms with Crippen LogP contribution < -0.4 is 5.32 Å². The fraction of sp³-hybridized carbons (Fsp3) is 0.188. The van der Waals surface area contributed by atoms with Gasteiger partial charge < -0.3 is 10.2 Å². The van der Waals surface area contributed by atoms with Crippen molar-refractivity contribution < 1.29 is 14.0 Å². The minimum Gasteiger partial charge on any atom is -0.354 e. The fourth-order valence-corrected chi connectivity index (χ4v) is 4.44. The molecule has 0 bridgehead atoms. The molecule has 1 unspecified atom stereocenters. The molecule has 0 aliphatic rings. The topological polar surface area (TPSA) is 49.4 Å². The van der Waals surface area contributed by atoms with Crippen LogP contribution in [0.2, 0.25) is 5.02 Å². The van der Waals surface area contributed by atoms with Crippen LogP contribution in [0.5, 0.6) is 0 Å². The zero-order chi connectivity index (χ0) is 26.7. The molecule has 1 atom stereocenters. The second-order valence-corrected chi connectivity index (χ2v) is 9.62.